The van der Waals surface area contributed by atoms with E-state index in [0.717, 1.165) is 61.6 Å². The second kappa shape index (κ2) is 9.93. The first-order chi connectivity index (χ1) is 13.6. The van der Waals surface area contributed by atoms with Crippen LogP contribution in [-0.4, -0.2) is 60.0 Å². The Morgan fingerprint density at radius 3 is 2.64 bits per heavy atom. The number of likely N-dealkylation sites (N-methyl/N-ethyl adjacent to an activating group) is 1. The minimum absolute atomic E-state index is 0.184. The van der Waals surface area contributed by atoms with Gasteiger partial charge in [0.2, 0.25) is 0 Å². The lowest BCUT2D eigenvalue weighted by atomic mass is 10.2. The SMILES string of the molecule is CCNC(=O)c1ccc(CSc2nc(CC)cc(N3CCN(CC)CC3)n2)o1. The first kappa shape index (κ1) is 20.7. The summed E-state index contributed by atoms with van der Waals surface area (Å²) in [5.41, 5.74) is 1.05. The third kappa shape index (κ3) is 5.26. The molecule has 0 radical (unpaired) electrons. The second-order valence-electron chi connectivity index (χ2n) is 6.69. The number of carbonyl (C=O) groups excluding carboxylic acids is 1. The normalized spacial score (nSPS) is 15.0. The number of amides is 1. The monoisotopic (exact) mass is 403 g/mol. The molecule has 2 aromatic rings. The van der Waals surface area contributed by atoms with Gasteiger partial charge in [-0.05, 0) is 32.0 Å². The quantitative estimate of drug-likeness (QED) is 0.537. The second-order valence-corrected chi connectivity index (χ2v) is 7.63. The third-order valence-electron chi connectivity index (χ3n) is 4.82. The average Bonchev–Trinajstić information content (AvgIpc) is 3.21. The lowest BCUT2D eigenvalue weighted by Gasteiger charge is -2.34. The van der Waals surface area contributed by atoms with E-state index >= 15 is 0 Å². The number of rotatable bonds is 8. The van der Waals surface area contributed by atoms with E-state index in [0.29, 0.717) is 18.1 Å². The number of aryl methyl sites for hydroxylation is 1. The highest BCUT2D eigenvalue weighted by atomic mass is 32.2. The fourth-order valence-corrected chi connectivity index (χ4v) is 3.89. The van der Waals surface area contributed by atoms with Gasteiger partial charge in [-0.15, -0.1) is 0 Å². The Labute approximate surface area is 170 Å². The highest BCUT2D eigenvalue weighted by Crippen LogP contribution is 2.24. The molecule has 3 heterocycles. The van der Waals surface area contributed by atoms with Crippen molar-refractivity contribution in [3.8, 4) is 0 Å². The number of piperazine rings is 1. The van der Waals surface area contributed by atoms with Crippen molar-refractivity contribution in [2.24, 2.45) is 0 Å². The van der Waals surface area contributed by atoms with Crippen LogP contribution in [0.2, 0.25) is 0 Å². The summed E-state index contributed by atoms with van der Waals surface area (Å²) in [4.78, 5) is 26.1. The van der Waals surface area contributed by atoms with Crippen LogP contribution in [0.1, 0.15) is 42.8 Å². The molecule has 0 atom stereocenters. The summed E-state index contributed by atoms with van der Waals surface area (Å²) in [6.45, 7) is 12.0. The molecule has 0 spiro atoms. The molecule has 7 nitrogen and oxygen atoms in total. The highest BCUT2D eigenvalue weighted by Gasteiger charge is 2.18. The van der Waals surface area contributed by atoms with Gasteiger partial charge < -0.3 is 19.5 Å². The van der Waals surface area contributed by atoms with Crippen molar-refractivity contribution in [1.29, 1.82) is 0 Å². The van der Waals surface area contributed by atoms with Crippen molar-refractivity contribution < 1.29 is 9.21 Å². The molecule has 1 fully saturated rings. The number of aromatic nitrogens is 2. The zero-order valence-corrected chi connectivity index (χ0v) is 17.7. The van der Waals surface area contributed by atoms with Crippen molar-refractivity contribution in [2.45, 2.75) is 38.1 Å². The van der Waals surface area contributed by atoms with Crippen molar-refractivity contribution >= 4 is 23.5 Å². The summed E-state index contributed by atoms with van der Waals surface area (Å²) in [6, 6.07) is 5.65. The molecule has 28 heavy (non-hydrogen) atoms. The number of hydrogen-bond donors (Lipinski definition) is 1. The van der Waals surface area contributed by atoms with Crippen LogP contribution in [0.4, 0.5) is 5.82 Å². The van der Waals surface area contributed by atoms with Gasteiger partial charge in [-0.3, -0.25) is 4.79 Å². The molecule has 0 saturated carbocycles. The topological polar surface area (TPSA) is 74.5 Å². The Bertz CT molecular complexity index is 787. The van der Waals surface area contributed by atoms with E-state index < -0.39 is 0 Å². The van der Waals surface area contributed by atoms with E-state index in [1.807, 2.05) is 13.0 Å². The third-order valence-corrected chi connectivity index (χ3v) is 5.69. The van der Waals surface area contributed by atoms with Crippen molar-refractivity contribution in [3.63, 3.8) is 0 Å². The maximum Gasteiger partial charge on any atom is 0.286 e. The van der Waals surface area contributed by atoms with Gasteiger partial charge >= 0.3 is 0 Å². The van der Waals surface area contributed by atoms with Crippen LogP contribution in [0.25, 0.3) is 0 Å². The summed E-state index contributed by atoms with van der Waals surface area (Å²) < 4.78 is 5.64. The van der Waals surface area contributed by atoms with Crippen LogP contribution in [-0.2, 0) is 12.2 Å². The smallest absolute Gasteiger partial charge is 0.286 e. The van der Waals surface area contributed by atoms with Gasteiger partial charge in [0.1, 0.15) is 11.6 Å². The Balaban J connectivity index is 1.66. The number of thioether (sulfide) groups is 1. The number of anilines is 1. The Morgan fingerprint density at radius 2 is 1.96 bits per heavy atom. The first-order valence-corrected chi connectivity index (χ1v) is 11.0. The lowest BCUT2D eigenvalue weighted by molar-refractivity contribution is 0.0927. The molecule has 0 aromatic carbocycles. The molecule has 2 aromatic heterocycles. The number of furan rings is 1. The zero-order chi connectivity index (χ0) is 19.9. The number of hydrogen-bond acceptors (Lipinski definition) is 7. The molecular formula is C20H29N5O2S. The van der Waals surface area contributed by atoms with Crippen molar-refractivity contribution in [1.82, 2.24) is 20.2 Å². The van der Waals surface area contributed by atoms with E-state index in [1.54, 1.807) is 6.07 Å². The Morgan fingerprint density at radius 1 is 1.18 bits per heavy atom. The van der Waals surface area contributed by atoms with Gasteiger partial charge in [-0.25, -0.2) is 9.97 Å². The summed E-state index contributed by atoms with van der Waals surface area (Å²) in [5.74, 6) is 2.50. The standard InChI is InChI=1S/C20H29N5O2S/c1-4-15-13-18(25-11-9-24(6-3)10-12-25)23-20(22-15)28-14-16-7-8-17(27-16)19(26)21-5-2/h7-8,13H,4-6,9-12,14H2,1-3H3,(H,21,26). The number of carbonyl (C=O) groups is 1. The molecule has 1 amide bonds. The van der Waals surface area contributed by atoms with Crippen LogP contribution < -0.4 is 10.2 Å². The van der Waals surface area contributed by atoms with E-state index in [4.69, 9.17) is 9.40 Å². The van der Waals surface area contributed by atoms with Gasteiger partial charge in [0.15, 0.2) is 10.9 Å². The van der Waals surface area contributed by atoms with Gasteiger partial charge in [0.25, 0.3) is 5.91 Å². The summed E-state index contributed by atoms with van der Waals surface area (Å²) in [6.07, 6.45) is 0.875. The molecule has 1 aliphatic heterocycles. The van der Waals surface area contributed by atoms with E-state index in [-0.39, 0.29) is 5.91 Å². The molecule has 8 heteroatoms. The fourth-order valence-electron chi connectivity index (χ4n) is 3.12. The predicted molar refractivity (Wildman–Crippen MR) is 112 cm³/mol. The summed E-state index contributed by atoms with van der Waals surface area (Å²) in [5, 5.41) is 3.49. The first-order valence-electron chi connectivity index (χ1n) is 9.97. The number of nitrogens with zero attached hydrogens (tertiary/aromatic N) is 4. The van der Waals surface area contributed by atoms with Gasteiger partial charge in [0, 0.05) is 44.5 Å². The van der Waals surface area contributed by atoms with Crippen molar-refractivity contribution in [3.05, 3.63) is 35.4 Å². The molecule has 1 aliphatic rings. The van der Waals surface area contributed by atoms with Gasteiger partial charge in [0.05, 0.1) is 5.75 Å². The minimum atomic E-state index is -0.184. The molecule has 1 saturated heterocycles. The van der Waals surface area contributed by atoms with E-state index in [9.17, 15) is 4.79 Å². The Kier molecular flexibility index (Phi) is 7.33. The maximum atomic E-state index is 11.8. The number of nitrogens with one attached hydrogen (secondary N) is 1. The van der Waals surface area contributed by atoms with E-state index in [2.05, 4.69) is 40.0 Å². The molecule has 0 unspecified atom stereocenters. The summed E-state index contributed by atoms with van der Waals surface area (Å²) in [7, 11) is 0. The molecule has 152 valence electrons. The predicted octanol–water partition coefficient (Wildman–Crippen LogP) is 2.82. The van der Waals surface area contributed by atoms with Crippen molar-refractivity contribution in [2.75, 3.05) is 44.2 Å². The molecule has 0 bridgehead atoms. The Hall–Kier alpha value is -2.06. The van der Waals surface area contributed by atoms with E-state index in [1.165, 1.54) is 11.8 Å². The van der Waals surface area contributed by atoms with Crippen LogP contribution >= 0.6 is 11.8 Å². The van der Waals surface area contributed by atoms with Gasteiger partial charge in [-0.2, -0.15) is 0 Å². The molecule has 0 aliphatic carbocycles. The molecular weight excluding hydrogens is 374 g/mol. The highest BCUT2D eigenvalue weighted by molar-refractivity contribution is 7.98. The minimum Gasteiger partial charge on any atom is -0.455 e. The van der Waals surface area contributed by atoms with Crippen LogP contribution in [0.3, 0.4) is 0 Å². The molecule has 3 rings (SSSR count). The van der Waals surface area contributed by atoms with Gasteiger partial charge in [-0.1, -0.05) is 25.6 Å². The lowest BCUT2D eigenvalue weighted by Crippen LogP contribution is -2.46. The zero-order valence-electron chi connectivity index (χ0n) is 16.9. The van der Waals surface area contributed by atoms with Crippen LogP contribution in [0.5, 0.6) is 0 Å². The fraction of sp³-hybridized carbons (Fsp3) is 0.550. The average molecular weight is 404 g/mol. The summed E-state index contributed by atoms with van der Waals surface area (Å²) >= 11 is 1.54. The molecule has 1 N–H and O–H groups in total. The van der Waals surface area contributed by atoms with Crippen LogP contribution in [0, 0.1) is 0 Å². The van der Waals surface area contributed by atoms with Crippen LogP contribution in [0.15, 0.2) is 27.8 Å². The maximum absolute atomic E-state index is 11.8. The largest absolute Gasteiger partial charge is 0.455 e.